The molecule has 0 radical (unpaired) electrons. The van der Waals surface area contributed by atoms with Crippen LogP contribution in [0.1, 0.15) is 39.6 Å². The summed E-state index contributed by atoms with van der Waals surface area (Å²) in [7, 11) is 0. The molecule has 4 nitrogen and oxygen atoms in total. The van der Waals surface area contributed by atoms with Gasteiger partial charge in [0.25, 0.3) is 0 Å². The maximum Gasteiger partial charge on any atom is 0.225 e. The van der Waals surface area contributed by atoms with Gasteiger partial charge in [0, 0.05) is 12.0 Å². The molecular weight excluding hydrogens is 262 g/mol. The van der Waals surface area contributed by atoms with Crippen LogP contribution in [0.3, 0.4) is 0 Å². The number of nitrogens with one attached hydrogen (secondary N) is 1. The number of benzene rings is 1. The Kier molecular flexibility index (Phi) is 4.16. The summed E-state index contributed by atoms with van der Waals surface area (Å²) in [6.07, 6.45) is 1.84. The van der Waals surface area contributed by atoms with Crippen molar-refractivity contribution in [3.8, 4) is 0 Å². The Hall–Kier alpha value is -2.10. The molecule has 2 rings (SSSR count). The Morgan fingerprint density at radius 2 is 2.10 bits per heavy atom. The SMILES string of the molecule is C=CCn1c([C@@H](C)NC(=O)C(C)(C)C)nc2ccccc21. The normalized spacial score (nSPS) is 13.1. The van der Waals surface area contributed by atoms with Gasteiger partial charge < -0.3 is 9.88 Å². The quantitative estimate of drug-likeness (QED) is 0.875. The summed E-state index contributed by atoms with van der Waals surface area (Å²) < 4.78 is 2.09. The number of allylic oxidation sites excluding steroid dienone is 1. The number of fused-ring (bicyclic) bond motifs is 1. The van der Waals surface area contributed by atoms with E-state index in [1.54, 1.807) is 0 Å². The first-order valence-corrected chi connectivity index (χ1v) is 7.21. The van der Waals surface area contributed by atoms with Crippen molar-refractivity contribution in [2.45, 2.75) is 40.3 Å². The number of rotatable bonds is 4. The highest BCUT2D eigenvalue weighted by Gasteiger charge is 2.25. The van der Waals surface area contributed by atoms with Gasteiger partial charge in [-0.25, -0.2) is 4.98 Å². The van der Waals surface area contributed by atoms with Crippen molar-refractivity contribution in [3.63, 3.8) is 0 Å². The lowest BCUT2D eigenvalue weighted by Gasteiger charge is -2.22. The summed E-state index contributed by atoms with van der Waals surface area (Å²) in [4.78, 5) is 16.8. The first-order valence-electron chi connectivity index (χ1n) is 7.21. The molecule has 2 aromatic rings. The van der Waals surface area contributed by atoms with E-state index in [-0.39, 0.29) is 11.9 Å². The van der Waals surface area contributed by atoms with Gasteiger partial charge in [-0.15, -0.1) is 6.58 Å². The fourth-order valence-corrected chi connectivity index (χ4v) is 2.22. The number of hydrogen-bond acceptors (Lipinski definition) is 2. The Bertz CT molecular complexity index is 664. The highest BCUT2D eigenvalue weighted by molar-refractivity contribution is 5.82. The molecule has 0 aliphatic carbocycles. The molecule has 0 aliphatic heterocycles. The summed E-state index contributed by atoms with van der Waals surface area (Å²) >= 11 is 0. The molecule has 1 N–H and O–H groups in total. The molecule has 0 fully saturated rings. The lowest BCUT2D eigenvalue weighted by Crippen LogP contribution is -2.37. The van der Waals surface area contributed by atoms with Crippen LogP contribution >= 0.6 is 0 Å². The van der Waals surface area contributed by atoms with Gasteiger partial charge in [-0.05, 0) is 19.1 Å². The molecule has 0 spiro atoms. The van der Waals surface area contributed by atoms with Gasteiger partial charge in [-0.3, -0.25) is 4.79 Å². The summed E-state index contributed by atoms with van der Waals surface area (Å²) in [6, 6.07) is 7.83. The molecule has 1 aromatic carbocycles. The van der Waals surface area contributed by atoms with Crippen LogP contribution < -0.4 is 5.32 Å². The molecule has 1 aromatic heterocycles. The highest BCUT2D eigenvalue weighted by Crippen LogP contribution is 2.22. The molecule has 0 saturated carbocycles. The molecular formula is C17H23N3O. The van der Waals surface area contributed by atoms with Gasteiger partial charge in [-0.1, -0.05) is 39.0 Å². The van der Waals surface area contributed by atoms with Crippen molar-refractivity contribution in [1.29, 1.82) is 0 Å². The number of carbonyl (C=O) groups excluding carboxylic acids is 1. The van der Waals surface area contributed by atoms with Gasteiger partial charge in [0.15, 0.2) is 0 Å². The Balaban J connectivity index is 2.38. The van der Waals surface area contributed by atoms with Crippen molar-refractivity contribution in [3.05, 3.63) is 42.7 Å². The van der Waals surface area contributed by atoms with Gasteiger partial charge in [0.2, 0.25) is 5.91 Å². The fraction of sp³-hybridized carbons (Fsp3) is 0.412. The fourth-order valence-electron chi connectivity index (χ4n) is 2.22. The predicted molar refractivity (Wildman–Crippen MR) is 85.9 cm³/mol. The van der Waals surface area contributed by atoms with E-state index in [9.17, 15) is 4.79 Å². The van der Waals surface area contributed by atoms with Crippen molar-refractivity contribution in [1.82, 2.24) is 14.9 Å². The van der Waals surface area contributed by atoms with Gasteiger partial charge in [-0.2, -0.15) is 0 Å². The van der Waals surface area contributed by atoms with Crippen molar-refractivity contribution in [2.75, 3.05) is 0 Å². The number of para-hydroxylation sites is 2. The third-order valence-corrected chi connectivity index (χ3v) is 3.41. The molecule has 4 heteroatoms. The number of imidazole rings is 1. The zero-order valence-corrected chi connectivity index (χ0v) is 13.2. The van der Waals surface area contributed by atoms with E-state index < -0.39 is 5.41 Å². The average molecular weight is 285 g/mol. The van der Waals surface area contributed by atoms with Gasteiger partial charge in [0.1, 0.15) is 5.82 Å². The minimum atomic E-state index is -0.413. The average Bonchev–Trinajstić information content (AvgIpc) is 2.77. The molecule has 0 unspecified atom stereocenters. The Morgan fingerprint density at radius 1 is 1.43 bits per heavy atom. The summed E-state index contributed by atoms with van der Waals surface area (Å²) in [6.45, 7) is 12.2. The molecule has 0 bridgehead atoms. The molecule has 1 amide bonds. The minimum Gasteiger partial charge on any atom is -0.346 e. The van der Waals surface area contributed by atoms with Gasteiger partial charge in [0.05, 0.1) is 17.1 Å². The second-order valence-electron chi connectivity index (χ2n) is 6.30. The number of carbonyl (C=O) groups is 1. The van der Waals surface area contributed by atoms with E-state index in [0.29, 0.717) is 6.54 Å². The van der Waals surface area contributed by atoms with Crippen LogP contribution in [0.15, 0.2) is 36.9 Å². The van der Waals surface area contributed by atoms with Crippen LogP contribution in [0.25, 0.3) is 11.0 Å². The van der Waals surface area contributed by atoms with Crippen molar-refractivity contribution >= 4 is 16.9 Å². The molecule has 1 heterocycles. The smallest absolute Gasteiger partial charge is 0.225 e. The van der Waals surface area contributed by atoms with Crippen LogP contribution in [-0.4, -0.2) is 15.5 Å². The third-order valence-electron chi connectivity index (χ3n) is 3.41. The predicted octanol–water partition coefficient (Wildman–Crippen LogP) is 3.45. The van der Waals surface area contributed by atoms with Crippen LogP contribution in [-0.2, 0) is 11.3 Å². The van der Waals surface area contributed by atoms with E-state index in [1.807, 2.05) is 58.0 Å². The Labute approximate surface area is 125 Å². The second kappa shape index (κ2) is 5.72. The molecule has 0 saturated heterocycles. The molecule has 0 aliphatic rings. The summed E-state index contributed by atoms with van der Waals surface area (Å²) in [5, 5.41) is 3.04. The van der Waals surface area contributed by atoms with Crippen LogP contribution in [0, 0.1) is 5.41 Å². The van der Waals surface area contributed by atoms with Crippen molar-refractivity contribution in [2.24, 2.45) is 5.41 Å². The minimum absolute atomic E-state index is 0.0206. The zero-order valence-electron chi connectivity index (χ0n) is 13.2. The lowest BCUT2D eigenvalue weighted by atomic mass is 9.95. The number of amides is 1. The monoisotopic (exact) mass is 285 g/mol. The maximum atomic E-state index is 12.2. The topological polar surface area (TPSA) is 46.9 Å². The standard InChI is InChI=1S/C17H23N3O/c1-6-11-20-14-10-8-7-9-13(14)19-15(20)12(2)18-16(21)17(3,4)5/h6-10,12H,1,11H2,2-5H3,(H,18,21)/t12-/m1/s1. The highest BCUT2D eigenvalue weighted by atomic mass is 16.2. The first-order chi connectivity index (χ1) is 9.84. The van der Waals surface area contributed by atoms with E-state index in [1.165, 1.54) is 0 Å². The van der Waals surface area contributed by atoms with Crippen LogP contribution in [0.5, 0.6) is 0 Å². The maximum absolute atomic E-state index is 12.2. The lowest BCUT2D eigenvalue weighted by molar-refractivity contribution is -0.129. The summed E-state index contributed by atoms with van der Waals surface area (Å²) in [5.74, 6) is 0.876. The number of nitrogens with zero attached hydrogens (tertiary/aromatic N) is 2. The molecule has 1 atom stereocenters. The summed E-state index contributed by atoms with van der Waals surface area (Å²) in [5.41, 5.74) is 1.58. The van der Waals surface area contributed by atoms with Crippen molar-refractivity contribution < 1.29 is 4.79 Å². The van der Waals surface area contributed by atoms with E-state index in [4.69, 9.17) is 0 Å². The van der Waals surface area contributed by atoms with Crippen LogP contribution in [0.4, 0.5) is 0 Å². The third kappa shape index (κ3) is 3.15. The largest absolute Gasteiger partial charge is 0.346 e. The van der Waals surface area contributed by atoms with E-state index in [2.05, 4.69) is 21.4 Å². The number of aromatic nitrogens is 2. The zero-order chi connectivity index (χ0) is 15.6. The Morgan fingerprint density at radius 3 is 2.71 bits per heavy atom. The number of hydrogen-bond donors (Lipinski definition) is 1. The first kappa shape index (κ1) is 15.3. The van der Waals surface area contributed by atoms with Gasteiger partial charge >= 0.3 is 0 Å². The van der Waals surface area contributed by atoms with Crippen LogP contribution in [0.2, 0.25) is 0 Å². The second-order valence-corrected chi connectivity index (χ2v) is 6.30. The molecule has 21 heavy (non-hydrogen) atoms. The van der Waals surface area contributed by atoms with E-state index in [0.717, 1.165) is 16.9 Å². The van der Waals surface area contributed by atoms with E-state index >= 15 is 0 Å². The molecule has 112 valence electrons.